The zero-order chi connectivity index (χ0) is 17.7. The molecule has 2 aromatic carbocycles. The van der Waals surface area contributed by atoms with E-state index in [0.717, 1.165) is 5.56 Å². The number of esters is 1. The third-order valence-electron chi connectivity index (χ3n) is 4.91. The van der Waals surface area contributed by atoms with Gasteiger partial charge >= 0.3 is 5.97 Å². The maximum Gasteiger partial charge on any atom is 0.339 e. The van der Waals surface area contributed by atoms with Crippen LogP contribution in [0.25, 0.3) is 0 Å². The lowest BCUT2D eigenvalue weighted by Gasteiger charge is -2.38. The molecule has 0 radical (unpaired) electrons. The molecule has 2 aromatic rings. The molecule has 1 saturated heterocycles. The highest BCUT2D eigenvalue weighted by atomic mass is 79.9. The molecule has 1 spiro atoms. The van der Waals surface area contributed by atoms with E-state index in [0.29, 0.717) is 36.0 Å². The lowest BCUT2D eigenvalue weighted by molar-refractivity contribution is -0.0329. The summed E-state index contributed by atoms with van der Waals surface area (Å²) in [7, 11) is -3.58. The monoisotopic (exact) mass is 421 g/mol. The zero-order valence-corrected chi connectivity index (χ0v) is 15.7. The van der Waals surface area contributed by atoms with Gasteiger partial charge in [0.25, 0.3) is 0 Å². The van der Waals surface area contributed by atoms with Gasteiger partial charge in [-0.05, 0) is 34.1 Å². The van der Waals surface area contributed by atoms with Gasteiger partial charge in [0.15, 0.2) is 0 Å². The number of hydrogen-bond donors (Lipinski definition) is 0. The molecule has 2 aliphatic rings. The summed E-state index contributed by atoms with van der Waals surface area (Å²) in [5.74, 6) is -0.322. The van der Waals surface area contributed by atoms with Crippen LogP contribution in [-0.2, 0) is 20.4 Å². The van der Waals surface area contributed by atoms with Gasteiger partial charge in [-0.1, -0.05) is 30.3 Å². The van der Waals surface area contributed by atoms with E-state index in [-0.39, 0.29) is 10.9 Å². The number of sulfonamides is 1. The number of carbonyl (C=O) groups excluding carboxylic acids is 1. The molecule has 5 nitrogen and oxygen atoms in total. The Morgan fingerprint density at radius 2 is 1.64 bits per heavy atom. The molecule has 0 bridgehead atoms. The van der Waals surface area contributed by atoms with E-state index >= 15 is 0 Å². The molecule has 25 heavy (non-hydrogen) atoms. The quantitative estimate of drug-likeness (QED) is 0.697. The van der Waals surface area contributed by atoms with Crippen molar-refractivity contribution in [2.45, 2.75) is 23.3 Å². The maximum atomic E-state index is 12.9. The Bertz CT molecular complexity index is 949. The lowest BCUT2D eigenvalue weighted by Crippen LogP contribution is -2.45. The molecule has 0 atom stereocenters. The van der Waals surface area contributed by atoms with Crippen LogP contribution in [0.5, 0.6) is 0 Å². The predicted molar refractivity (Wildman–Crippen MR) is 95.7 cm³/mol. The summed E-state index contributed by atoms with van der Waals surface area (Å²) in [6.45, 7) is 0.622. The molecule has 0 saturated carbocycles. The van der Waals surface area contributed by atoms with Crippen molar-refractivity contribution in [3.8, 4) is 0 Å². The van der Waals surface area contributed by atoms with E-state index in [1.165, 1.54) is 4.31 Å². The number of piperidine rings is 1. The molecular weight excluding hydrogens is 406 g/mol. The molecule has 0 aliphatic carbocycles. The number of carbonyl (C=O) groups is 1. The first-order chi connectivity index (χ1) is 11.9. The van der Waals surface area contributed by atoms with Gasteiger partial charge in [0.2, 0.25) is 10.0 Å². The highest BCUT2D eigenvalue weighted by molar-refractivity contribution is 9.10. The summed E-state index contributed by atoms with van der Waals surface area (Å²) >= 11 is 3.31. The Kier molecular flexibility index (Phi) is 3.97. The van der Waals surface area contributed by atoms with Gasteiger partial charge < -0.3 is 4.74 Å². The Hall–Kier alpha value is -1.70. The van der Waals surface area contributed by atoms with Crippen LogP contribution >= 0.6 is 15.9 Å². The van der Waals surface area contributed by atoms with Crippen molar-refractivity contribution in [3.05, 3.63) is 64.1 Å². The average Bonchev–Trinajstić information content (AvgIpc) is 2.88. The van der Waals surface area contributed by atoms with E-state index in [4.69, 9.17) is 4.74 Å². The van der Waals surface area contributed by atoms with Crippen molar-refractivity contribution in [1.82, 2.24) is 4.31 Å². The van der Waals surface area contributed by atoms with Gasteiger partial charge in [0, 0.05) is 36.0 Å². The van der Waals surface area contributed by atoms with Crippen molar-refractivity contribution >= 4 is 31.9 Å². The molecular formula is C18H16BrNO4S. The highest BCUT2D eigenvalue weighted by Crippen LogP contribution is 2.44. The third-order valence-corrected chi connectivity index (χ3v) is 7.82. The highest BCUT2D eigenvalue weighted by Gasteiger charge is 2.48. The Labute approximate surface area is 154 Å². The smallest absolute Gasteiger partial charge is 0.339 e. The van der Waals surface area contributed by atoms with Crippen molar-refractivity contribution in [1.29, 1.82) is 0 Å². The van der Waals surface area contributed by atoms with Crippen LogP contribution in [0.1, 0.15) is 28.8 Å². The molecule has 0 amide bonds. The first-order valence-corrected chi connectivity index (χ1v) is 10.2. The fourth-order valence-corrected chi connectivity index (χ4v) is 6.00. The lowest BCUT2D eigenvalue weighted by atomic mass is 9.84. The second kappa shape index (κ2) is 5.93. The predicted octanol–water partition coefficient (Wildman–Crippen LogP) is 3.30. The van der Waals surface area contributed by atoms with Gasteiger partial charge in [-0.15, -0.1) is 0 Å². The fourth-order valence-electron chi connectivity index (χ4n) is 3.60. The van der Waals surface area contributed by atoms with Crippen LogP contribution < -0.4 is 0 Å². The standard InChI is InChI=1S/C18H16BrNO4S/c19-15-7-3-4-8-16(15)25(22,23)20-11-9-18(10-12-20)14-6-2-1-5-13(14)17(21)24-18/h1-8H,9-12H2. The summed E-state index contributed by atoms with van der Waals surface area (Å²) in [5, 5.41) is 0. The van der Waals surface area contributed by atoms with Crippen molar-refractivity contribution < 1.29 is 17.9 Å². The SMILES string of the molecule is O=C1OC2(CCN(S(=O)(=O)c3ccccc3Br)CC2)c2ccccc21. The molecule has 2 aliphatic heterocycles. The van der Waals surface area contributed by atoms with Crippen LogP contribution in [-0.4, -0.2) is 31.8 Å². The Morgan fingerprint density at radius 1 is 1.00 bits per heavy atom. The molecule has 0 unspecified atom stereocenters. The minimum Gasteiger partial charge on any atom is -0.450 e. The van der Waals surface area contributed by atoms with Crippen LogP contribution in [0.4, 0.5) is 0 Å². The van der Waals surface area contributed by atoms with Gasteiger partial charge in [-0.3, -0.25) is 0 Å². The number of fused-ring (bicyclic) bond motifs is 2. The summed E-state index contributed by atoms with van der Waals surface area (Å²) in [4.78, 5) is 12.4. The van der Waals surface area contributed by atoms with Crippen LogP contribution in [0.2, 0.25) is 0 Å². The topological polar surface area (TPSA) is 63.7 Å². The number of benzene rings is 2. The van der Waals surface area contributed by atoms with E-state index < -0.39 is 15.6 Å². The number of hydrogen-bond acceptors (Lipinski definition) is 4. The second-order valence-corrected chi connectivity index (χ2v) is 9.02. The Morgan fingerprint density at radius 3 is 2.36 bits per heavy atom. The second-order valence-electron chi connectivity index (χ2n) is 6.26. The summed E-state index contributed by atoms with van der Waals surface area (Å²) in [6.07, 6.45) is 0.916. The molecule has 0 aromatic heterocycles. The minimum absolute atomic E-state index is 0.259. The van der Waals surface area contributed by atoms with Gasteiger partial charge in [0.05, 0.1) is 10.5 Å². The number of ether oxygens (including phenoxy) is 1. The van der Waals surface area contributed by atoms with Crippen molar-refractivity contribution in [3.63, 3.8) is 0 Å². The minimum atomic E-state index is -3.58. The van der Waals surface area contributed by atoms with Gasteiger partial charge in [-0.2, -0.15) is 4.31 Å². The van der Waals surface area contributed by atoms with Gasteiger partial charge in [-0.25, -0.2) is 13.2 Å². The van der Waals surface area contributed by atoms with E-state index in [9.17, 15) is 13.2 Å². The molecule has 7 heteroatoms. The van der Waals surface area contributed by atoms with E-state index in [1.54, 1.807) is 30.3 Å². The molecule has 1 fully saturated rings. The number of nitrogens with zero attached hydrogens (tertiary/aromatic N) is 1. The van der Waals surface area contributed by atoms with Crippen LogP contribution in [0.3, 0.4) is 0 Å². The summed E-state index contributed by atoms with van der Waals surface area (Å²) in [5.41, 5.74) is 0.760. The molecule has 130 valence electrons. The third kappa shape index (κ3) is 2.61. The maximum absolute atomic E-state index is 12.9. The van der Waals surface area contributed by atoms with Crippen LogP contribution in [0, 0.1) is 0 Å². The summed E-state index contributed by atoms with van der Waals surface area (Å²) < 4.78 is 33.5. The zero-order valence-electron chi connectivity index (χ0n) is 13.3. The Balaban J connectivity index is 1.61. The summed E-state index contributed by atoms with van der Waals surface area (Å²) in [6, 6.07) is 14.1. The fraction of sp³-hybridized carbons (Fsp3) is 0.278. The van der Waals surface area contributed by atoms with Crippen molar-refractivity contribution in [2.75, 3.05) is 13.1 Å². The van der Waals surface area contributed by atoms with E-state index in [1.807, 2.05) is 18.2 Å². The van der Waals surface area contributed by atoms with Crippen LogP contribution in [0.15, 0.2) is 57.9 Å². The normalized spacial score (nSPS) is 19.6. The number of rotatable bonds is 2. The molecule has 2 heterocycles. The molecule has 0 N–H and O–H groups in total. The molecule has 4 rings (SSSR count). The number of halogens is 1. The average molecular weight is 422 g/mol. The van der Waals surface area contributed by atoms with Crippen molar-refractivity contribution in [2.24, 2.45) is 0 Å². The van der Waals surface area contributed by atoms with E-state index in [2.05, 4.69) is 15.9 Å². The van der Waals surface area contributed by atoms with Gasteiger partial charge in [0.1, 0.15) is 5.60 Å². The first-order valence-electron chi connectivity index (χ1n) is 8.02. The first kappa shape index (κ1) is 16.8. The largest absolute Gasteiger partial charge is 0.450 e.